The van der Waals surface area contributed by atoms with Crippen LogP contribution in [-0.2, 0) is 12.7 Å². The third-order valence-electron chi connectivity index (χ3n) is 5.74. The minimum atomic E-state index is -4.51. The molecule has 1 fully saturated rings. The maximum absolute atomic E-state index is 13.7. The van der Waals surface area contributed by atoms with E-state index < -0.39 is 11.7 Å². The number of pyridine rings is 1. The van der Waals surface area contributed by atoms with E-state index in [0.717, 1.165) is 31.0 Å². The van der Waals surface area contributed by atoms with Crippen molar-refractivity contribution in [2.75, 3.05) is 27.3 Å². The molecule has 0 unspecified atom stereocenters. The van der Waals surface area contributed by atoms with E-state index in [4.69, 9.17) is 14.0 Å². The lowest BCUT2D eigenvalue weighted by atomic mass is 9.92. The molecule has 0 bridgehead atoms. The summed E-state index contributed by atoms with van der Waals surface area (Å²) < 4.78 is 57.1. The highest BCUT2D eigenvalue weighted by Crippen LogP contribution is 2.39. The lowest BCUT2D eigenvalue weighted by molar-refractivity contribution is -0.136. The zero-order valence-corrected chi connectivity index (χ0v) is 17.6. The first-order valence-electron chi connectivity index (χ1n) is 10.1. The van der Waals surface area contributed by atoms with Gasteiger partial charge in [0, 0.05) is 30.3 Å². The highest BCUT2D eigenvalue weighted by atomic mass is 19.4. The molecule has 9 heteroatoms. The number of ether oxygens (including phenoxy) is 2. The van der Waals surface area contributed by atoms with Crippen LogP contribution < -0.4 is 9.47 Å². The highest BCUT2D eigenvalue weighted by Gasteiger charge is 2.37. The second kappa shape index (κ2) is 8.37. The third kappa shape index (κ3) is 4.19. The Balaban J connectivity index is 1.62. The molecular formula is C22H24F3N3O3. The first-order valence-corrected chi connectivity index (χ1v) is 10.1. The van der Waals surface area contributed by atoms with Crippen LogP contribution >= 0.6 is 0 Å². The zero-order valence-electron chi connectivity index (χ0n) is 17.6. The second-order valence-corrected chi connectivity index (χ2v) is 7.77. The molecule has 6 nitrogen and oxygen atoms in total. The normalized spacial score (nSPS) is 17.8. The molecule has 4 rings (SSSR count). The topological polar surface area (TPSA) is 60.6 Å². The van der Waals surface area contributed by atoms with Crippen molar-refractivity contribution in [3.05, 3.63) is 46.8 Å². The van der Waals surface area contributed by atoms with Crippen molar-refractivity contribution in [1.82, 2.24) is 15.0 Å². The Hall–Kier alpha value is -2.81. The standard InChI is InChI=1S/C22H24F3N3O3/c1-13-19-16(22(23,24)25)10-17(26-21(19)31-27-13)14-7-5-9-28(11-14)12-15-6-4-8-18(29-2)20(15)30-3/h4,6,8,10,14H,5,7,9,11-12H2,1-3H3/t14-/m1/s1. The van der Waals surface area contributed by atoms with E-state index in [1.54, 1.807) is 14.2 Å². The summed E-state index contributed by atoms with van der Waals surface area (Å²) in [5.41, 5.74) is 0.745. The van der Waals surface area contributed by atoms with E-state index in [-0.39, 0.29) is 22.7 Å². The van der Waals surface area contributed by atoms with E-state index in [0.29, 0.717) is 30.3 Å². The maximum atomic E-state index is 13.7. The highest BCUT2D eigenvalue weighted by molar-refractivity contribution is 5.80. The number of likely N-dealkylation sites (tertiary alicyclic amines) is 1. The van der Waals surface area contributed by atoms with Gasteiger partial charge in [-0.15, -0.1) is 0 Å². The van der Waals surface area contributed by atoms with Crippen molar-refractivity contribution in [3.8, 4) is 11.5 Å². The van der Waals surface area contributed by atoms with Gasteiger partial charge in [-0.25, -0.2) is 4.98 Å². The molecule has 1 aliphatic heterocycles. The quantitative estimate of drug-likeness (QED) is 0.565. The smallest absolute Gasteiger partial charge is 0.417 e. The number of methoxy groups -OCH3 is 2. The van der Waals surface area contributed by atoms with Crippen LogP contribution in [0.2, 0.25) is 0 Å². The number of aryl methyl sites for hydroxylation is 1. The minimum absolute atomic E-state index is 0.0612. The number of alkyl halides is 3. The number of benzene rings is 1. The Labute approximate surface area is 177 Å². The number of para-hydroxylation sites is 1. The average Bonchev–Trinajstić information content (AvgIpc) is 3.13. The van der Waals surface area contributed by atoms with E-state index >= 15 is 0 Å². The van der Waals surface area contributed by atoms with Crippen molar-refractivity contribution in [3.63, 3.8) is 0 Å². The molecule has 0 spiro atoms. The summed E-state index contributed by atoms with van der Waals surface area (Å²) in [4.78, 5) is 6.60. The molecule has 3 aromatic rings. The number of rotatable bonds is 5. The second-order valence-electron chi connectivity index (χ2n) is 7.77. The van der Waals surface area contributed by atoms with E-state index in [1.807, 2.05) is 18.2 Å². The van der Waals surface area contributed by atoms with E-state index in [9.17, 15) is 13.2 Å². The molecule has 0 amide bonds. The number of hydrogen-bond acceptors (Lipinski definition) is 6. The Morgan fingerprint density at radius 2 is 2.03 bits per heavy atom. The first-order chi connectivity index (χ1) is 14.8. The number of hydrogen-bond donors (Lipinski definition) is 0. The van der Waals surface area contributed by atoms with Crippen LogP contribution in [0.3, 0.4) is 0 Å². The molecule has 166 valence electrons. The van der Waals surface area contributed by atoms with Crippen LogP contribution in [0, 0.1) is 6.92 Å². The van der Waals surface area contributed by atoms with Crippen LogP contribution in [0.5, 0.6) is 11.5 Å². The van der Waals surface area contributed by atoms with Crippen molar-refractivity contribution in [2.45, 2.75) is 38.4 Å². The monoisotopic (exact) mass is 435 g/mol. The lowest BCUT2D eigenvalue weighted by Gasteiger charge is -2.33. The fourth-order valence-corrected chi connectivity index (χ4v) is 4.31. The minimum Gasteiger partial charge on any atom is -0.493 e. The van der Waals surface area contributed by atoms with Gasteiger partial charge in [0.2, 0.25) is 0 Å². The van der Waals surface area contributed by atoms with Crippen LogP contribution in [-0.4, -0.2) is 42.3 Å². The molecule has 1 aliphatic rings. The van der Waals surface area contributed by atoms with Gasteiger partial charge in [-0.1, -0.05) is 17.3 Å². The molecule has 1 saturated heterocycles. The lowest BCUT2D eigenvalue weighted by Crippen LogP contribution is -2.34. The van der Waals surface area contributed by atoms with Gasteiger partial charge in [0.15, 0.2) is 11.5 Å². The van der Waals surface area contributed by atoms with Crippen LogP contribution in [0.25, 0.3) is 11.1 Å². The molecule has 31 heavy (non-hydrogen) atoms. The van der Waals surface area contributed by atoms with Crippen LogP contribution in [0.15, 0.2) is 28.8 Å². The van der Waals surface area contributed by atoms with Crippen molar-refractivity contribution < 1.29 is 27.2 Å². The summed E-state index contributed by atoms with van der Waals surface area (Å²) >= 11 is 0. The molecule has 1 aromatic carbocycles. The summed E-state index contributed by atoms with van der Waals surface area (Å²) in [5.74, 6) is 1.18. The molecule has 2 aromatic heterocycles. The Morgan fingerprint density at radius 1 is 1.23 bits per heavy atom. The van der Waals surface area contributed by atoms with Gasteiger partial charge in [-0.05, 0) is 38.4 Å². The van der Waals surface area contributed by atoms with Crippen molar-refractivity contribution in [2.24, 2.45) is 0 Å². The van der Waals surface area contributed by atoms with Crippen molar-refractivity contribution >= 4 is 11.1 Å². The average molecular weight is 435 g/mol. The predicted molar refractivity (Wildman–Crippen MR) is 108 cm³/mol. The van der Waals surface area contributed by atoms with Gasteiger partial charge >= 0.3 is 6.18 Å². The Morgan fingerprint density at radius 3 is 2.74 bits per heavy atom. The number of fused-ring (bicyclic) bond motifs is 1. The largest absolute Gasteiger partial charge is 0.493 e. The van der Waals surface area contributed by atoms with Gasteiger partial charge in [-0.3, -0.25) is 4.90 Å². The summed E-state index contributed by atoms with van der Waals surface area (Å²) in [6.45, 7) is 3.52. The SMILES string of the molecule is COc1cccc(CN2CCC[C@@H](c3cc(C(F)(F)F)c4c(C)noc4n3)C2)c1OC. The molecular weight excluding hydrogens is 411 g/mol. The maximum Gasteiger partial charge on any atom is 0.417 e. The Kier molecular flexibility index (Phi) is 5.79. The molecule has 0 N–H and O–H groups in total. The third-order valence-corrected chi connectivity index (χ3v) is 5.74. The predicted octanol–water partition coefficient (Wildman–Crippen LogP) is 4.95. The fourth-order valence-electron chi connectivity index (χ4n) is 4.31. The first kappa shape index (κ1) is 21.4. The van der Waals surface area contributed by atoms with Gasteiger partial charge in [0.25, 0.3) is 5.71 Å². The molecule has 0 radical (unpaired) electrons. The zero-order chi connectivity index (χ0) is 22.2. The summed E-state index contributed by atoms with van der Waals surface area (Å²) in [6.07, 6.45) is -2.89. The molecule has 3 heterocycles. The summed E-state index contributed by atoms with van der Waals surface area (Å²) in [6, 6.07) is 6.86. The summed E-state index contributed by atoms with van der Waals surface area (Å²) in [5, 5.41) is 3.62. The van der Waals surface area contributed by atoms with E-state index in [1.165, 1.54) is 6.92 Å². The number of halogens is 3. The fraction of sp³-hybridized carbons (Fsp3) is 0.455. The number of aromatic nitrogens is 2. The van der Waals surface area contributed by atoms with Gasteiger partial charge in [0.1, 0.15) is 0 Å². The number of piperidine rings is 1. The van der Waals surface area contributed by atoms with E-state index in [2.05, 4.69) is 15.0 Å². The van der Waals surface area contributed by atoms with Crippen LogP contribution in [0.1, 0.15) is 41.3 Å². The Bertz CT molecular complexity index is 1080. The summed E-state index contributed by atoms with van der Waals surface area (Å²) in [7, 11) is 3.18. The van der Waals surface area contributed by atoms with Crippen molar-refractivity contribution in [1.29, 1.82) is 0 Å². The van der Waals surface area contributed by atoms with Crippen LogP contribution in [0.4, 0.5) is 13.2 Å². The number of nitrogens with zero attached hydrogens (tertiary/aromatic N) is 3. The van der Waals surface area contributed by atoms with Gasteiger partial charge in [0.05, 0.1) is 30.9 Å². The van der Waals surface area contributed by atoms with Gasteiger partial charge in [-0.2, -0.15) is 13.2 Å². The molecule has 1 atom stereocenters. The molecule has 0 saturated carbocycles. The van der Waals surface area contributed by atoms with Gasteiger partial charge < -0.3 is 14.0 Å². The molecule has 0 aliphatic carbocycles.